The number of urea groups is 1. The lowest BCUT2D eigenvalue weighted by atomic mass is 9.88. The third-order valence-corrected chi connectivity index (χ3v) is 4.84. The van der Waals surface area contributed by atoms with E-state index in [0.717, 1.165) is 0 Å². The number of carbonyl (C=O) groups is 2. The maximum Gasteiger partial charge on any atom is 0.324 e. The first-order valence-electron chi connectivity index (χ1n) is 8.38. The van der Waals surface area contributed by atoms with Crippen LogP contribution < -0.4 is 0 Å². The molecule has 2 aromatic rings. The summed E-state index contributed by atoms with van der Waals surface area (Å²) in [5.41, 5.74) is 2.16. The van der Waals surface area contributed by atoms with Crippen molar-refractivity contribution in [3.63, 3.8) is 0 Å². The highest BCUT2D eigenvalue weighted by Gasteiger charge is 2.38. The number of hydrogen-bond donors (Lipinski definition) is 0. The van der Waals surface area contributed by atoms with Gasteiger partial charge in [-0.15, -0.1) is 0 Å². The van der Waals surface area contributed by atoms with Gasteiger partial charge in [-0.25, -0.2) is 4.79 Å². The first kappa shape index (κ1) is 18.3. The van der Waals surface area contributed by atoms with Gasteiger partial charge in [-0.2, -0.15) is 0 Å². The fourth-order valence-electron chi connectivity index (χ4n) is 3.26. The molecule has 2 amide bonds. The highest BCUT2D eigenvalue weighted by Crippen LogP contribution is 2.37. The van der Waals surface area contributed by atoms with E-state index in [1.54, 1.807) is 57.4 Å². The van der Waals surface area contributed by atoms with Gasteiger partial charge in [-0.3, -0.25) is 14.9 Å². The lowest BCUT2D eigenvalue weighted by Gasteiger charge is -2.40. The molecule has 1 aliphatic rings. The van der Waals surface area contributed by atoms with Crippen molar-refractivity contribution in [3.8, 4) is 0 Å². The van der Waals surface area contributed by atoms with Gasteiger partial charge in [-0.05, 0) is 24.6 Å². The second kappa shape index (κ2) is 7.03. The number of likely N-dealkylation sites (N-methyl/N-ethyl adjacent to an activating group) is 1. The Morgan fingerprint density at radius 3 is 2.19 bits per heavy atom. The van der Waals surface area contributed by atoms with Crippen LogP contribution >= 0.6 is 0 Å². The molecule has 1 unspecified atom stereocenters. The SMILES string of the molecule is CC1=C(C(=O)c2ccccc2)C(c2ccc([N+](=O)[O-])cc2)N(C)C(=O)N1C. The van der Waals surface area contributed by atoms with Gasteiger partial charge in [0.15, 0.2) is 5.78 Å². The lowest BCUT2D eigenvalue weighted by Crippen LogP contribution is -2.47. The van der Waals surface area contributed by atoms with Gasteiger partial charge in [0.05, 0.1) is 11.0 Å². The summed E-state index contributed by atoms with van der Waals surface area (Å²) in [5, 5.41) is 10.9. The van der Waals surface area contributed by atoms with E-state index in [-0.39, 0.29) is 17.5 Å². The van der Waals surface area contributed by atoms with Crippen molar-refractivity contribution < 1.29 is 14.5 Å². The summed E-state index contributed by atoms with van der Waals surface area (Å²) in [6.07, 6.45) is 0. The van der Waals surface area contributed by atoms with Crippen LogP contribution in [-0.4, -0.2) is 40.6 Å². The number of hydrogen-bond acceptors (Lipinski definition) is 4. The number of rotatable bonds is 4. The van der Waals surface area contributed by atoms with E-state index >= 15 is 0 Å². The predicted molar refractivity (Wildman–Crippen MR) is 100 cm³/mol. The van der Waals surface area contributed by atoms with E-state index in [0.29, 0.717) is 22.4 Å². The third-order valence-electron chi connectivity index (χ3n) is 4.84. The molecule has 0 N–H and O–H groups in total. The molecule has 27 heavy (non-hydrogen) atoms. The lowest BCUT2D eigenvalue weighted by molar-refractivity contribution is -0.384. The van der Waals surface area contributed by atoms with Crippen molar-refractivity contribution in [3.05, 3.63) is 87.1 Å². The predicted octanol–water partition coefficient (Wildman–Crippen LogP) is 3.79. The Morgan fingerprint density at radius 1 is 1.04 bits per heavy atom. The zero-order valence-electron chi connectivity index (χ0n) is 15.2. The van der Waals surface area contributed by atoms with Gasteiger partial charge < -0.3 is 9.80 Å². The molecular formula is C20H19N3O4. The molecular weight excluding hydrogens is 346 g/mol. The van der Waals surface area contributed by atoms with E-state index in [4.69, 9.17) is 0 Å². The standard InChI is InChI=1S/C20H19N3O4/c1-13-17(19(24)15-7-5-4-6-8-15)18(22(3)20(25)21(13)2)14-9-11-16(12-10-14)23(26)27/h4-12,18H,1-3H3. The fourth-order valence-corrected chi connectivity index (χ4v) is 3.26. The zero-order valence-corrected chi connectivity index (χ0v) is 15.2. The second-order valence-electron chi connectivity index (χ2n) is 6.40. The first-order chi connectivity index (χ1) is 12.8. The minimum atomic E-state index is -0.623. The van der Waals surface area contributed by atoms with E-state index in [1.165, 1.54) is 21.9 Å². The molecule has 0 radical (unpaired) electrons. The summed E-state index contributed by atoms with van der Waals surface area (Å²) in [6, 6.07) is 13.9. The number of nitro groups is 1. The number of ketones is 1. The van der Waals surface area contributed by atoms with Gasteiger partial charge in [0.25, 0.3) is 5.69 Å². The number of allylic oxidation sites excluding steroid dienone is 1. The molecule has 138 valence electrons. The fraction of sp³-hybridized carbons (Fsp3) is 0.200. The third kappa shape index (κ3) is 3.19. The Balaban J connectivity index is 2.14. The number of Topliss-reactive ketones (excluding diaryl/α,β-unsaturated/α-hetero) is 1. The Kier molecular flexibility index (Phi) is 4.77. The number of nitro benzene ring substituents is 1. The molecule has 1 aliphatic heterocycles. The highest BCUT2D eigenvalue weighted by molar-refractivity contribution is 6.11. The Labute approximate surface area is 156 Å². The summed E-state index contributed by atoms with van der Waals surface area (Å²) in [5.74, 6) is -0.178. The van der Waals surface area contributed by atoms with Crippen LogP contribution in [0.1, 0.15) is 28.9 Å². The summed E-state index contributed by atoms with van der Waals surface area (Å²) in [6.45, 7) is 1.74. The number of non-ortho nitro benzene ring substituents is 1. The molecule has 0 fully saturated rings. The van der Waals surface area contributed by atoms with Crippen LogP contribution in [0.3, 0.4) is 0 Å². The smallest absolute Gasteiger partial charge is 0.316 e. The summed E-state index contributed by atoms with van der Waals surface area (Å²) in [7, 11) is 3.24. The van der Waals surface area contributed by atoms with Gasteiger partial charge >= 0.3 is 6.03 Å². The average molecular weight is 365 g/mol. The summed E-state index contributed by atoms with van der Waals surface area (Å²) in [4.78, 5) is 39.2. The quantitative estimate of drug-likeness (QED) is 0.469. The number of carbonyl (C=O) groups excluding carboxylic acids is 2. The molecule has 1 atom stereocenters. The molecule has 2 aromatic carbocycles. The summed E-state index contributed by atoms with van der Waals surface area (Å²) < 4.78 is 0. The van der Waals surface area contributed by atoms with Crippen molar-refractivity contribution >= 4 is 17.5 Å². The number of nitrogens with zero attached hydrogens (tertiary/aromatic N) is 3. The van der Waals surface area contributed by atoms with Crippen molar-refractivity contribution in [2.24, 2.45) is 0 Å². The Hall–Kier alpha value is -3.48. The van der Waals surface area contributed by atoms with Crippen molar-refractivity contribution in [1.82, 2.24) is 9.80 Å². The van der Waals surface area contributed by atoms with E-state index in [9.17, 15) is 19.7 Å². The molecule has 7 heteroatoms. The second-order valence-corrected chi connectivity index (χ2v) is 6.40. The van der Waals surface area contributed by atoms with Crippen LogP contribution in [0.15, 0.2) is 65.9 Å². The maximum absolute atomic E-state index is 13.2. The molecule has 0 saturated heterocycles. The largest absolute Gasteiger partial charge is 0.324 e. The molecule has 0 bridgehead atoms. The molecule has 0 saturated carbocycles. The summed E-state index contributed by atoms with van der Waals surface area (Å²) >= 11 is 0. The normalized spacial score (nSPS) is 17.3. The molecule has 0 aliphatic carbocycles. The van der Waals surface area contributed by atoms with E-state index in [1.807, 2.05) is 6.07 Å². The van der Waals surface area contributed by atoms with E-state index < -0.39 is 11.0 Å². The number of amides is 2. The van der Waals surface area contributed by atoms with Gasteiger partial charge in [0.2, 0.25) is 0 Å². The first-order valence-corrected chi connectivity index (χ1v) is 8.38. The van der Waals surface area contributed by atoms with Crippen LogP contribution in [-0.2, 0) is 0 Å². The molecule has 0 spiro atoms. The van der Waals surface area contributed by atoms with Gasteiger partial charge in [0.1, 0.15) is 0 Å². The van der Waals surface area contributed by atoms with Crippen molar-refractivity contribution in [1.29, 1.82) is 0 Å². The Morgan fingerprint density at radius 2 is 1.63 bits per heavy atom. The van der Waals surface area contributed by atoms with Crippen molar-refractivity contribution in [2.45, 2.75) is 13.0 Å². The Bertz CT molecular complexity index is 935. The average Bonchev–Trinajstić information content (AvgIpc) is 2.69. The van der Waals surface area contributed by atoms with Crippen LogP contribution in [0.4, 0.5) is 10.5 Å². The minimum absolute atomic E-state index is 0.0442. The van der Waals surface area contributed by atoms with Crippen LogP contribution in [0, 0.1) is 10.1 Å². The van der Waals surface area contributed by atoms with E-state index in [2.05, 4.69) is 0 Å². The van der Waals surface area contributed by atoms with Crippen molar-refractivity contribution in [2.75, 3.05) is 14.1 Å². The maximum atomic E-state index is 13.2. The topological polar surface area (TPSA) is 83.8 Å². The highest BCUT2D eigenvalue weighted by atomic mass is 16.6. The monoisotopic (exact) mass is 365 g/mol. The van der Waals surface area contributed by atoms with Gasteiger partial charge in [0, 0.05) is 43.1 Å². The van der Waals surface area contributed by atoms with Gasteiger partial charge in [-0.1, -0.05) is 30.3 Å². The van der Waals surface area contributed by atoms with Crippen LogP contribution in [0.5, 0.6) is 0 Å². The molecule has 7 nitrogen and oxygen atoms in total. The van der Waals surface area contributed by atoms with Crippen LogP contribution in [0.2, 0.25) is 0 Å². The minimum Gasteiger partial charge on any atom is -0.316 e. The molecule has 1 heterocycles. The molecule has 0 aromatic heterocycles. The zero-order chi connectivity index (χ0) is 19.7. The van der Waals surface area contributed by atoms with Crippen LogP contribution in [0.25, 0.3) is 0 Å². The number of benzene rings is 2. The molecule has 3 rings (SSSR count).